The molecule has 1 aromatic heterocycles. The zero-order valence-electron chi connectivity index (χ0n) is 4.33. The van der Waals surface area contributed by atoms with Crippen molar-refractivity contribution in [3.63, 3.8) is 0 Å². The Morgan fingerprint density at radius 3 is 3.22 bits per heavy atom. The van der Waals surface area contributed by atoms with Gasteiger partial charge in [-0.1, -0.05) is 5.21 Å². The van der Waals surface area contributed by atoms with E-state index in [1.807, 2.05) is 0 Å². The molecule has 0 spiro atoms. The number of nitrogens with one attached hydrogen (secondary N) is 1. The zero-order chi connectivity index (χ0) is 6.27. The second kappa shape index (κ2) is 1.25. The first-order valence-corrected chi connectivity index (χ1v) is 2.38. The van der Waals surface area contributed by atoms with Gasteiger partial charge in [0.15, 0.2) is 0 Å². The SMILES string of the molecule is O=C1C=c2[nH]nnc2=N1. The van der Waals surface area contributed by atoms with Gasteiger partial charge in [0.2, 0.25) is 5.49 Å². The Bertz CT molecular complexity index is 330. The predicted molar refractivity (Wildman–Crippen MR) is 26.6 cm³/mol. The second-order valence-electron chi connectivity index (χ2n) is 1.64. The van der Waals surface area contributed by atoms with E-state index < -0.39 is 0 Å². The van der Waals surface area contributed by atoms with Crippen molar-refractivity contribution in [2.45, 2.75) is 0 Å². The Labute approximate surface area is 49.1 Å². The minimum Gasteiger partial charge on any atom is -0.267 e. The Morgan fingerprint density at radius 1 is 1.56 bits per heavy atom. The van der Waals surface area contributed by atoms with E-state index in [4.69, 9.17) is 0 Å². The maximum Gasteiger partial charge on any atom is 0.274 e. The number of carbonyl (C=O) groups excluding carboxylic acids is 1. The van der Waals surface area contributed by atoms with Crippen LogP contribution in [0.25, 0.3) is 6.08 Å². The summed E-state index contributed by atoms with van der Waals surface area (Å²) in [6.45, 7) is 0. The molecule has 2 rings (SSSR count). The molecule has 1 aromatic rings. The van der Waals surface area contributed by atoms with Crippen LogP contribution in [0.15, 0.2) is 4.99 Å². The van der Waals surface area contributed by atoms with Gasteiger partial charge in [-0.25, -0.2) is 0 Å². The molecule has 5 nitrogen and oxygen atoms in total. The molecule has 1 amide bonds. The van der Waals surface area contributed by atoms with Crippen molar-refractivity contribution in [3.8, 4) is 0 Å². The van der Waals surface area contributed by atoms with Crippen LogP contribution in [0.5, 0.6) is 0 Å². The minimum absolute atomic E-state index is 0.272. The summed E-state index contributed by atoms with van der Waals surface area (Å²) >= 11 is 0. The van der Waals surface area contributed by atoms with Crippen molar-refractivity contribution in [1.82, 2.24) is 15.4 Å². The minimum atomic E-state index is -0.272. The first-order valence-electron chi connectivity index (χ1n) is 2.38. The molecule has 0 aliphatic carbocycles. The van der Waals surface area contributed by atoms with Crippen LogP contribution >= 0.6 is 0 Å². The van der Waals surface area contributed by atoms with E-state index in [2.05, 4.69) is 20.4 Å². The van der Waals surface area contributed by atoms with Crippen molar-refractivity contribution in [1.29, 1.82) is 0 Å². The number of rotatable bonds is 0. The first-order chi connectivity index (χ1) is 4.36. The number of nitrogens with zero attached hydrogens (tertiary/aromatic N) is 3. The number of fused-ring (bicyclic) bond motifs is 1. The Balaban J connectivity index is 3.01. The van der Waals surface area contributed by atoms with Gasteiger partial charge < -0.3 is 0 Å². The molecular formula is C4H2N4O. The lowest BCUT2D eigenvalue weighted by molar-refractivity contribution is -0.112. The number of hydrogen-bond acceptors (Lipinski definition) is 3. The highest BCUT2D eigenvalue weighted by molar-refractivity contribution is 6.05. The highest BCUT2D eigenvalue weighted by Gasteiger charge is 2.03. The maximum atomic E-state index is 10.5. The maximum absolute atomic E-state index is 10.5. The van der Waals surface area contributed by atoms with Gasteiger partial charge in [-0.3, -0.25) is 9.89 Å². The summed E-state index contributed by atoms with van der Waals surface area (Å²) in [5, 5.41) is 10.1. The molecule has 0 bridgehead atoms. The quantitative estimate of drug-likeness (QED) is 0.422. The third-order valence-electron chi connectivity index (χ3n) is 1.04. The Kier molecular flexibility index (Phi) is 0.606. The fraction of sp³-hybridized carbons (Fsp3) is 0. The molecule has 0 atom stereocenters. The normalized spacial score (nSPS) is 14.4. The number of amides is 1. The molecule has 5 heteroatoms. The molecule has 2 heterocycles. The highest BCUT2D eigenvalue weighted by atomic mass is 16.1. The Morgan fingerprint density at radius 2 is 2.44 bits per heavy atom. The topological polar surface area (TPSA) is 71.0 Å². The number of aromatic nitrogens is 3. The van der Waals surface area contributed by atoms with E-state index in [9.17, 15) is 4.79 Å². The highest BCUT2D eigenvalue weighted by Crippen LogP contribution is 1.75. The van der Waals surface area contributed by atoms with Gasteiger partial charge in [-0.2, -0.15) is 4.99 Å². The third kappa shape index (κ3) is 0.479. The van der Waals surface area contributed by atoms with Crippen LogP contribution in [0.2, 0.25) is 0 Å². The van der Waals surface area contributed by atoms with Crippen LogP contribution in [-0.4, -0.2) is 21.3 Å². The van der Waals surface area contributed by atoms with Gasteiger partial charge in [-0.05, 0) is 0 Å². The van der Waals surface area contributed by atoms with E-state index in [-0.39, 0.29) is 5.91 Å². The van der Waals surface area contributed by atoms with Crippen molar-refractivity contribution in [3.05, 3.63) is 10.8 Å². The van der Waals surface area contributed by atoms with E-state index >= 15 is 0 Å². The van der Waals surface area contributed by atoms with Gasteiger partial charge in [0.25, 0.3) is 5.91 Å². The summed E-state index contributed by atoms with van der Waals surface area (Å²) < 4.78 is 0. The monoisotopic (exact) mass is 122 g/mol. The van der Waals surface area contributed by atoms with Crippen LogP contribution in [0, 0.1) is 0 Å². The molecule has 0 radical (unpaired) electrons. The van der Waals surface area contributed by atoms with Gasteiger partial charge in [0.05, 0.1) is 0 Å². The number of H-pyrrole nitrogens is 1. The van der Waals surface area contributed by atoms with E-state index in [0.29, 0.717) is 10.8 Å². The molecule has 1 aliphatic heterocycles. The van der Waals surface area contributed by atoms with Gasteiger partial charge >= 0.3 is 0 Å². The first kappa shape index (κ1) is 4.37. The summed E-state index contributed by atoms with van der Waals surface area (Å²) in [6.07, 6.45) is 1.36. The summed E-state index contributed by atoms with van der Waals surface area (Å²) in [5.74, 6) is -0.272. The van der Waals surface area contributed by atoms with Crippen molar-refractivity contribution in [2.75, 3.05) is 0 Å². The summed E-state index contributed by atoms with van der Waals surface area (Å²) in [6, 6.07) is 0. The van der Waals surface area contributed by atoms with Gasteiger partial charge in [-0.15, -0.1) is 5.10 Å². The van der Waals surface area contributed by atoms with Crippen LogP contribution in [0.4, 0.5) is 0 Å². The molecule has 9 heavy (non-hydrogen) atoms. The lowest BCUT2D eigenvalue weighted by Crippen LogP contribution is -2.20. The van der Waals surface area contributed by atoms with Crippen LogP contribution in [0.1, 0.15) is 0 Å². The lowest BCUT2D eigenvalue weighted by atomic mass is 10.6. The largest absolute Gasteiger partial charge is 0.274 e. The number of carbonyl (C=O) groups is 1. The standard InChI is InChI=1S/C4H2N4O/c9-3-1-2-4(5-3)7-8-6-2/h1H,(H,5,6,7,9). The molecule has 0 saturated carbocycles. The molecule has 0 aromatic carbocycles. The molecule has 44 valence electrons. The average molecular weight is 122 g/mol. The fourth-order valence-electron chi connectivity index (χ4n) is 0.670. The smallest absolute Gasteiger partial charge is 0.267 e. The predicted octanol–water partition coefficient (Wildman–Crippen LogP) is -2.25. The van der Waals surface area contributed by atoms with E-state index in [0.717, 1.165) is 0 Å². The fourth-order valence-corrected chi connectivity index (χ4v) is 0.670. The van der Waals surface area contributed by atoms with Crippen molar-refractivity contribution in [2.24, 2.45) is 4.99 Å². The number of aromatic amines is 1. The lowest BCUT2D eigenvalue weighted by Gasteiger charge is -1.66. The van der Waals surface area contributed by atoms with Crippen molar-refractivity contribution >= 4 is 12.0 Å². The van der Waals surface area contributed by atoms with Gasteiger partial charge in [0.1, 0.15) is 5.35 Å². The summed E-state index contributed by atoms with van der Waals surface area (Å²) in [4.78, 5) is 14.0. The van der Waals surface area contributed by atoms with Crippen LogP contribution in [0.3, 0.4) is 0 Å². The van der Waals surface area contributed by atoms with Crippen LogP contribution in [-0.2, 0) is 4.79 Å². The molecule has 0 saturated heterocycles. The summed E-state index contributed by atoms with van der Waals surface area (Å²) in [5.41, 5.74) is 0.389. The number of hydrogen-bond donors (Lipinski definition) is 1. The average Bonchev–Trinajstić information content (AvgIpc) is 2.22. The van der Waals surface area contributed by atoms with Crippen molar-refractivity contribution < 1.29 is 4.79 Å². The summed E-state index contributed by atoms with van der Waals surface area (Å²) in [7, 11) is 0. The third-order valence-corrected chi connectivity index (χ3v) is 1.04. The van der Waals surface area contributed by atoms with E-state index in [1.54, 1.807) is 0 Å². The molecule has 1 N–H and O–H groups in total. The Hall–Kier alpha value is -1.52. The molecule has 1 aliphatic rings. The van der Waals surface area contributed by atoms with E-state index in [1.165, 1.54) is 6.08 Å². The zero-order valence-corrected chi connectivity index (χ0v) is 4.33. The van der Waals surface area contributed by atoms with Crippen LogP contribution < -0.4 is 10.8 Å². The van der Waals surface area contributed by atoms with Gasteiger partial charge in [0, 0.05) is 6.08 Å². The molecule has 0 unspecified atom stereocenters. The molecular weight excluding hydrogens is 120 g/mol. The second-order valence-corrected chi connectivity index (χ2v) is 1.64. The molecule has 0 fully saturated rings.